The Bertz CT molecular complexity index is 996. The first-order valence-electron chi connectivity index (χ1n) is 7.41. The topological polar surface area (TPSA) is 90.7 Å². The number of carbonyl (C=O) groups excluding carboxylic acids is 1. The monoisotopic (exact) mass is 383 g/mol. The fraction of sp³-hybridized carbons (Fsp3) is 0. The van der Waals surface area contributed by atoms with Crippen LogP contribution in [0.2, 0.25) is 10.0 Å². The highest BCUT2D eigenvalue weighted by molar-refractivity contribution is 6.40. The van der Waals surface area contributed by atoms with Gasteiger partial charge in [0.15, 0.2) is 0 Å². The number of nitrogens with one attached hydrogen (secondary N) is 2. The van der Waals surface area contributed by atoms with Gasteiger partial charge in [-0.15, -0.1) is 0 Å². The van der Waals surface area contributed by atoms with Crippen molar-refractivity contribution in [3.05, 3.63) is 76.2 Å². The summed E-state index contributed by atoms with van der Waals surface area (Å²) in [6.07, 6.45) is 1.26. The van der Waals surface area contributed by atoms with Crippen molar-refractivity contribution in [1.82, 2.24) is 9.97 Å². The van der Waals surface area contributed by atoms with Crippen molar-refractivity contribution in [1.29, 1.82) is 5.26 Å². The predicted molar refractivity (Wildman–Crippen MR) is 101 cm³/mol. The molecular weight excluding hydrogens is 373 g/mol. The molecule has 1 heterocycles. The van der Waals surface area contributed by atoms with Crippen LogP contribution in [0.1, 0.15) is 16.1 Å². The molecule has 0 unspecified atom stereocenters. The van der Waals surface area contributed by atoms with Crippen LogP contribution in [0.15, 0.2) is 54.9 Å². The number of para-hydroxylation sites is 1. The SMILES string of the molecule is N#Cc1cccc(Nc2cc(C(=O)Nc3c(Cl)cccc3Cl)ncn2)c1. The van der Waals surface area contributed by atoms with Gasteiger partial charge in [-0.1, -0.05) is 35.3 Å². The van der Waals surface area contributed by atoms with Crippen LogP contribution >= 0.6 is 23.2 Å². The Kier molecular flexibility index (Phi) is 5.32. The average molecular weight is 384 g/mol. The van der Waals surface area contributed by atoms with Crippen LogP contribution in [0.3, 0.4) is 0 Å². The number of carbonyl (C=O) groups is 1. The number of nitrogens with zero attached hydrogens (tertiary/aromatic N) is 3. The lowest BCUT2D eigenvalue weighted by atomic mass is 10.2. The molecule has 0 aliphatic rings. The van der Waals surface area contributed by atoms with Crippen molar-refractivity contribution >= 4 is 46.3 Å². The molecule has 0 bridgehead atoms. The second-order valence-corrected chi connectivity index (χ2v) is 5.97. The van der Waals surface area contributed by atoms with Crippen molar-refractivity contribution < 1.29 is 4.79 Å². The normalized spacial score (nSPS) is 10.0. The van der Waals surface area contributed by atoms with Gasteiger partial charge in [0.1, 0.15) is 17.8 Å². The molecule has 3 aromatic rings. The Morgan fingerprint density at radius 2 is 1.77 bits per heavy atom. The van der Waals surface area contributed by atoms with Crippen molar-refractivity contribution in [2.24, 2.45) is 0 Å². The molecule has 0 spiro atoms. The molecule has 0 fully saturated rings. The zero-order chi connectivity index (χ0) is 18.5. The van der Waals surface area contributed by atoms with E-state index in [0.29, 0.717) is 32.8 Å². The van der Waals surface area contributed by atoms with Gasteiger partial charge in [0.05, 0.1) is 27.4 Å². The molecule has 26 heavy (non-hydrogen) atoms. The minimum Gasteiger partial charge on any atom is -0.340 e. The Morgan fingerprint density at radius 1 is 1.04 bits per heavy atom. The quantitative estimate of drug-likeness (QED) is 0.683. The standard InChI is InChI=1S/C18H11Cl2N5O/c19-13-5-2-6-14(20)17(13)25-18(26)15-8-16(23-10-22-15)24-12-4-1-3-11(7-12)9-21/h1-8,10H,(H,25,26)(H,22,23,24). The minimum atomic E-state index is -0.476. The smallest absolute Gasteiger partial charge is 0.274 e. The predicted octanol–water partition coefficient (Wildman–Crippen LogP) is 4.65. The molecule has 1 aromatic heterocycles. The maximum absolute atomic E-state index is 12.4. The number of hydrogen-bond donors (Lipinski definition) is 2. The van der Waals surface area contributed by atoms with E-state index >= 15 is 0 Å². The lowest BCUT2D eigenvalue weighted by Gasteiger charge is -2.10. The molecular formula is C18H11Cl2N5O. The number of benzene rings is 2. The van der Waals surface area contributed by atoms with E-state index in [4.69, 9.17) is 28.5 Å². The lowest BCUT2D eigenvalue weighted by molar-refractivity contribution is 0.102. The number of aromatic nitrogens is 2. The number of rotatable bonds is 4. The van der Waals surface area contributed by atoms with Gasteiger partial charge in [-0.3, -0.25) is 4.79 Å². The highest BCUT2D eigenvalue weighted by atomic mass is 35.5. The van der Waals surface area contributed by atoms with Crippen LogP contribution < -0.4 is 10.6 Å². The lowest BCUT2D eigenvalue weighted by Crippen LogP contribution is -2.15. The van der Waals surface area contributed by atoms with E-state index in [-0.39, 0.29) is 5.69 Å². The fourth-order valence-corrected chi connectivity index (χ4v) is 2.65. The van der Waals surface area contributed by atoms with Crippen molar-refractivity contribution in [2.45, 2.75) is 0 Å². The van der Waals surface area contributed by atoms with Crippen LogP contribution in [-0.4, -0.2) is 15.9 Å². The third kappa shape index (κ3) is 4.09. The average Bonchev–Trinajstić information content (AvgIpc) is 2.65. The second-order valence-electron chi connectivity index (χ2n) is 5.16. The summed E-state index contributed by atoms with van der Waals surface area (Å²) in [6.45, 7) is 0. The number of anilines is 3. The van der Waals surface area contributed by atoms with Gasteiger partial charge in [0, 0.05) is 11.8 Å². The van der Waals surface area contributed by atoms with E-state index < -0.39 is 5.91 Å². The first-order chi connectivity index (χ1) is 12.6. The summed E-state index contributed by atoms with van der Waals surface area (Å²) in [5, 5.41) is 15.3. The molecule has 0 saturated carbocycles. The van der Waals surface area contributed by atoms with Crippen molar-refractivity contribution in [3.8, 4) is 6.07 Å². The molecule has 2 aromatic carbocycles. The van der Waals surface area contributed by atoms with Crippen LogP contribution in [0.5, 0.6) is 0 Å². The third-order valence-electron chi connectivity index (χ3n) is 3.37. The van der Waals surface area contributed by atoms with Gasteiger partial charge in [0.25, 0.3) is 5.91 Å². The second kappa shape index (κ2) is 7.83. The maximum Gasteiger partial charge on any atom is 0.274 e. The first-order valence-corrected chi connectivity index (χ1v) is 8.17. The maximum atomic E-state index is 12.4. The van der Waals surface area contributed by atoms with E-state index in [1.165, 1.54) is 12.4 Å². The molecule has 1 amide bonds. The van der Waals surface area contributed by atoms with E-state index in [9.17, 15) is 4.79 Å². The molecule has 0 aliphatic heterocycles. The van der Waals surface area contributed by atoms with Gasteiger partial charge in [-0.05, 0) is 30.3 Å². The summed E-state index contributed by atoms with van der Waals surface area (Å²) in [5.74, 6) is -0.0679. The number of halogens is 2. The molecule has 0 saturated heterocycles. The zero-order valence-corrected chi connectivity index (χ0v) is 14.7. The third-order valence-corrected chi connectivity index (χ3v) is 4.00. The molecule has 0 atom stereocenters. The molecule has 8 heteroatoms. The van der Waals surface area contributed by atoms with Gasteiger partial charge >= 0.3 is 0 Å². The van der Waals surface area contributed by atoms with Crippen LogP contribution in [0.25, 0.3) is 0 Å². The molecule has 128 valence electrons. The number of amides is 1. The van der Waals surface area contributed by atoms with Crippen LogP contribution in [-0.2, 0) is 0 Å². The Hall–Kier alpha value is -3.14. The van der Waals surface area contributed by atoms with Crippen LogP contribution in [0, 0.1) is 11.3 Å². The van der Waals surface area contributed by atoms with E-state index in [0.717, 1.165) is 0 Å². The molecule has 0 radical (unpaired) electrons. The first kappa shape index (κ1) is 17.7. The number of hydrogen-bond acceptors (Lipinski definition) is 5. The summed E-state index contributed by atoms with van der Waals surface area (Å²) >= 11 is 12.1. The van der Waals surface area contributed by atoms with Gasteiger partial charge in [0.2, 0.25) is 0 Å². The highest BCUT2D eigenvalue weighted by Crippen LogP contribution is 2.30. The van der Waals surface area contributed by atoms with Crippen molar-refractivity contribution in [2.75, 3.05) is 10.6 Å². The van der Waals surface area contributed by atoms with Gasteiger partial charge < -0.3 is 10.6 Å². The van der Waals surface area contributed by atoms with E-state index in [1.54, 1.807) is 42.5 Å². The minimum absolute atomic E-state index is 0.134. The van der Waals surface area contributed by atoms with Crippen molar-refractivity contribution in [3.63, 3.8) is 0 Å². The van der Waals surface area contributed by atoms with Gasteiger partial charge in [-0.25, -0.2) is 9.97 Å². The largest absolute Gasteiger partial charge is 0.340 e. The molecule has 2 N–H and O–H groups in total. The van der Waals surface area contributed by atoms with Crippen LogP contribution in [0.4, 0.5) is 17.2 Å². The Morgan fingerprint density at radius 3 is 2.50 bits per heavy atom. The van der Waals surface area contributed by atoms with E-state index in [2.05, 4.69) is 26.7 Å². The summed E-state index contributed by atoms with van der Waals surface area (Å²) in [7, 11) is 0. The number of nitriles is 1. The fourth-order valence-electron chi connectivity index (χ4n) is 2.16. The molecule has 0 aliphatic carbocycles. The summed E-state index contributed by atoms with van der Waals surface area (Å²) in [4.78, 5) is 20.5. The summed E-state index contributed by atoms with van der Waals surface area (Å²) < 4.78 is 0. The zero-order valence-electron chi connectivity index (χ0n) is 13.2. The van der Waals surface area contributed by atoms with E-state index in [1.807, 2.05) is 0 Å². The highest BCUT2D eigenvalue weighted by Gasteiger charge is 2.13. The summed E-state index contributed by atoms with van der Waals surface area (Å²) in [6, 6.07) is 15.4. The molecule has 6 nitrogen and oxygen atoms in total. The van der Waals surface area contributed by atoms with Gasteiger partial charge in [-0.2, -0.15) is 5.26 Å². The molecule has 3 rings (SSSR count). The Labute approximate surface area is 159 Å². The summed E-state index contributed by atoms with van der Waals surface area (Å²) in [5.41, 5.74) is 1.63. The Balaban J connectivity index is 1.80.